The molecule has 0 unspecified atom stereocenters. The number of hydrogen-bond donors (Lipinski definition) is 0. The molecule has 0 spiro atoms. The van der Waals surface area contributed by atoms with Gasteiger partial charge in [-0.25, -0.2) is 0 Å². The zero-order valence-corrected chi connectivity index (χ0v) is 60.9. The van der Waals surface area contributed by atoms with Crippen molar-refractivity contribution in [1.82, 2.24) is 0 Å². The van der Waals surface area contributed by atoms with Gasteiger partial charge in [-0.3, -0.25) is 0 Å². The Labute approximate surface area is 523 Å². The van der Waals surface area contributed by atoms with Crippen LogP contribution in [0.5, 0.6) is 0 Å². The van der Waals surface area contributed by atoms with Crippen molar-refractivity contribution in [3.63, 3.8) is 0 Å². The maximum atomic E-state index is 11.7. The second-order valence-electron chi connectivity index (χ2n) is 30.2. The van der Waals surface area contributed by atoms with Crippen molar-refractivity contribution in [3.05, 3.63) is 0 Å². The summed E-state index contributed by atoms with van der Waals surface area (Å²) in [6.45, 7) is 43.9. The summed E-state index contributed by atoms with van der Waals surface area (Å²) < 4.78 is 0. The Hall–Kier alpha value is -1.32. The van der Waals surface area contributed by atoms with E-state index in [-0.39, 0.29) is 23.9 Å². The van der Waals surface area contributed by atoms with Crippen LogP contribution in [0.1, 0.15) is 395 Å². The van der Waals surface area contributed by atoms with Crippen LogP contribution in [0.25, 0.3) is 0 Å². The largest absolute Gasteiger partial charge is 4.00 e. The van der Waals surface area contributed by atoms with E-state index in [2.05, 4.69) is 138 Å². The van der Waals surface area contributed by atoms with Gasteiger partial charge in [-0.1, -0.05) is 293 Å². The molecule has 480 valence electrons. The maximum Gasteiger partial charge on any atom is 4.00 e. The summed E-state index contributed by atoms with van der Waals surface area (Å²) >= 11 is 0. The minimum atomic E-state index is -0.810. The smallest absolute Gasteiger partial charge is 0.550 e. The van der Waals surface area contributed by atoms with Gasteiger partial charge in [0.05, 0.1) is 0 Å². The molecular formula is C72H140O8Sn. The molecule has 81 heavy (non-hydrogen) atoms. The number of unbranched alkanes of at least 4 members (excludes halogenated alkanes) is 12. The molecule has 8 nitrogen and oxygen atoms in total. The molecule has 0 aromatic carbocycles. The molecule has 0 aliphatic rings. The quantitative estimate of drug-likeness (QED) is 0.0430. The van der Waals surface area contributed by atoms with E-state index >= 15 is 0 Å². The van der Waals surface area contributed by atoms with Gasteiger partial charge in [-0.2, -0.15) is 0 Å². The van der Waals surface area contributed by atoms with Crippen molar-refractivity contribution in [3.8, 4) is 0 Å². The second-order valence-corrected chi connectivity index (χ2v) is 30.2. The fraction of sp³-hybridized carbons (Fsp3) is 0.944. The third-order valence-corrected chi connectivity index (χ3v) is 17.1. The minimum absolute atomic E-state index is 0. The zero-order valence-electron chi connectivity index (χ0n) is 58.1. The van der Waals surface area contributed by atoms with Crippen LogP contribution in [0.2, 0.25) is 0 Å². The summed E-state index contributed by atoms with van der Waals surface area (Å²) in [6, 6.07) is 0. The van der Waals surface area contributed by atoms with Crippen LogP contribution in [0.3, 0.4) is 0 Å². The average molecular weight is 1250 g/mol. The molecule has 0 saturated heterocycles. The normalized spacial score (nSPS) is 12.5. The predicted molar refractivity (Wildman–Crippen MR) is 343 cm³/mol. The molecule has 9 heteroatoms. The topological polar surface area (TPSA) is 161 Å². The number of aliphatic carboxylic acids is 4. The molecule has 0 aliphatic heterocycles. The Bertz CT molecular complexity index is 1250. The molecule has 0 N–H and O–H groups in total. The summed E-state index contributed by atoms with van der Waals surface area (Å²) in [5.74, 6) is -3.24. The van der Waals surface area contributed by atoms with Crippen molar-refractivity contribution >= 4 is 47.8 Å². The standard InChI is InChI=1S/4C18H36O2.Sn/c4*1-6-8-13-18(16(19)20,14-9-7-2)15-11-10-12-17(3,4)5;/h4*6-15H2,1-5H3,(H,19,20);/q;;;;+4/p-4. The molecule has 0 aliphatic carbocycles. The number of hydrogen-bond acceptors (Lipinski definition) is 8. The van der Waals surface area contributed by atoms with Crippen LogP contribution in [-0.4, -0.2) is 47.8 Å². The van der Waals surface area contributed by atoms with E-state index in [4.69, 9.17) is 0 Å². The van der Waals surface area contributed by atoms with E-state index in [0.29, 0.717) is 21.7 Å². The fourth-order valence-corrected chi connectivity index (χ4v) is 11.3. The van der Waals surface area contributed by atoms with Gasteiger partial charge in [0.1, 0.15) is 0 Å². The molecule has 0 saturated carbocycles. The second kappa shape index (κ2) is 48.8. The summed E-state index contributed by atoms with van der Waals surface area (Å²) in [4.78, 5) is 46.9. The Morgan fingerprint density at radius 1 is 0.210 bits per heavy atom. The van der Waals surface area contributed by atoms with Gasteiger partial charge < -0.3 is 39.6 Å². The SMILES string of the molecule is CCCCC(CCCC)(CCCCC(C)(C)C)C(=O)[O-].CCCCC(CCCC)(CCCCC(C)(C)C)C(=O)[O-].CCCCC(CCCC)(CCCCC(C)(C)C)C(=O)[O-].CCCCC(CCCC)(CCCCC(C)(C)C)C(=O)[O-].[Sn+4]. The molecule has 0 radical (unpaired) electrons. The summed E-state index contributed by atoms with van der Waals surface area (Å²) in [7, 11) is 0. The van der Waals surface area contributed by atoms with E-state index in [1.807, 2.05) is 0 Å². The van der Waals surface area contributed by atoms with Gasteiger partial charge in [0.25, 0.3) is 0 Å². The van der Waals surface area contributed by atoms with Crippen molar-refractivity contribution in [2.24, 2.45) is 43.3 Å². The first kappa shape index (κ1) is 88.4. The average Bonchev–Trinajstić information content (AvgIpc) is 3.36. The Balaban J connectivity index is -0.000000316. The van der Waals surface area contributed by atoms with Crippen molar-refractivity contribution in [2.45, 2.75) is 395 Å². The predicted octanol–water partition coefficient (Wildman–Crippen LogP) is 18.5. The molecule has 0 atom stereocenters. The van der Waals surface area contributed by atoms with Crippen LogP contribution >= 0.6 is 0 Å². The van der Waals surface area contributed by atoms with Crippen LogP contribution in [0.4, 0.5) is 0 Å². The van der Waals surface area contributed by atoms with Gasteiger partial charge in [0.15, 0.2) is 0 Å². The van der Waals surface area contributed by atoms with Gasteiger partial charge in [0.2, 0.25) is 0 Å². The van der Waals surface area contributed by atoms with Crippen LogP contribution in [0, 0.1) is 43.3 Å². The number of carbonyl (C=O) groups excluding carboxylic acids is 4. The molecule has 0 amide bonds. The first-order valence-corrected chi connectivity index (χ1v) is 33.9. The zero-order chi connectivity index (χ0) is 62.6. The monoisotopic (exact) mass is 1250 g/mol. The Morgan fingerprint density at radius 2 is 0.309 bits per heavy atom. The van der Waals surface area contributed by atoms with Crippen molar-refractivity contribution in [2.75, 3.05) is 0 Å². The molecule has 0 fully saturated rings. The first-order chi connectivity index (χ1) is 37.1. The molecular weight excluding hydrogens is 1110 g/mol. The molecule has 0 heterocycles. The van der Waals surface area contributed by atoms with E-state index in [1.54, 1.807) is 0 Å². The molecule has 0 bridgehead atoms. The van der Waals surface area contributed by atoms with E-state index in [9.17, 15) is 39.6 Å². The summed E-state index contributed by atoms with van der Waals surface area (Å²) in [5, 5.41) is 46.9. The number of carboxylic acid groups (broad SMARTS) is 4. The van der Waals surface area contributed by atoms with E-state index in [1.165, 1.54) is 0 Å². The van der Waals surface area contributed by atoms with Gasteiger partial charge in [0, 0.05) is 45.5 Å². The van der Waals surface area contributed by atoms with Crippen LogP contribution in [-0.2, 0) is 19.2 Å². The van der Waals surface area contributed by atoms with Gasteiger partial charge in [-0.05, 0) is 124 Å². The number of rotatable bonds is 44. The Kier molecular flexibility index (Phi) is 53.2. The fourth-order valence-electron chi connectivity index (χ4n) is 11.3. The molecule has 0 aromatic rings. The first-order valence-electron chi connectivity index (χ1n) is 33.9. The number of carboxylic acids is 4. The number of carbonyl (C=O) groups is 4. The van der Waals surface area contributed by atoms with Crippen LogP contribution < -0.4 is 20.4 Å². The maximum absolute atomic E-state index is 11.7. The third kappa shape index (κ3) is 47.5. The molecule has 0 rings (SSSR count). The molecule has 0 aromatic heterocycles. The summed E-state index contributed by atoms with van der Waals surface area (Å²) in [6.07, 6.45) is 39.2. The van der Waals surface area contributed by atoms with Crippen molar-refractivity contribution < 1.29 is 39.6 Å². The van der Waals surface area contributed by atoms with Crippen LogP contribution in [0.15, 0.2) is 0 Å². The minimum Gasteiger partial charge on any atom is -0.550 e. The van der Waals surface area contributed by atoms with E-state index < -0.39 is 45.5 Å². The third-order valence-electron chi connectivity index (χ3n) is 17.1. The summed E-state index contributed by atoms with van der Waals surface area (Å²) in [5.41, 5.74) is -0.885. The van der Waals surface area contributed by atoms with Crippen molar-refractivity contribution in [1.29, 1.82) is 0 Å². The van der Waals surface area contributed by atoms with Gasteiger partial charge in [-0.15, -0.1) is 0 Å². The van der Waals surface area contributed by atoms with Gasteiger partial charge >= 0.3 is 23.9 Å². The Morgan fingerprint density at radius 3 is 0.395 bits per heavy atom. The van der Waals surface area contributed by atoms with E-state index in [0.717, 1.165) is 257 Å².